The highest BCUT2D eigenvalue weighted by molar-refractivity contribution is 14.1. The van der Waals surface area contributed by atoms with E-state index >= 15 is 0 Å². The maximum Gasteiger partial charge on any atom is 0.322 e. The van der Waals surface area contributed by atoms with Crippen molar-refractivity contribution in [2.75, 3.05) is 0 Å². The SMILES string of the molecule is CCC(C)(I)C(=O)OC1(C(C)C)CCCC1. The molecule has 1 unspecified atom stereocenters. The van der Waals surface area contributed by atoms with E-state index in [1.54, 1.807) is 0 Å². The van der Waals surface area contributed by atoms with E-state index < -0.39 is 0 Å². The van der Waals surface area contributed by atoms with Crippen LogP contribution < -0.4 is 0 Å². The number of ether oxygens (including phenoxy) is 1. The Hall–Kier alpha value is 0.200. The molecular weight excluding hydrogens is 315 g/mol. The summed E-state index contributed by atoms with van der Waals surface area (Å²) in [5, 5.41) is 0. The molecule has 3 heteroatoms. The van der Waals surface area contributed by atoms with E-state index in [4.69, 9.17) is 4.74 Å². The van der Waals surface area contributed by atoms with Gasteiger partial charge in [0.25, 0.3) is 0 Å². The smallest absolute Gasteiger partial charge is 0.322 e. The van der Waals surface area contributed by atoms with E-state index in [9.17, 15) is 4.79 Å². The standard InChI is InChI=1S/C13H23IO2/c1-5-12(4,14)11(15)16-13(10(2)3)8-6-7-9-13/h10H,5-9H2,1-4H3. The molecule has 1 saturated carbocycles. The molecule has 1 rings (SSSR count). The van der Waals surface area contributed by atoms with Crippen LogP contribution in [0.4, 0.5) is 0 Å². The highest BCUT2D eigenvalue weighted by atomic mass is 127. The molecule has 0 bridgehead atoms. The minimum Gasteiger partial charge on any atom is -0.458 e. The van der Waals surface area contributed by atoms with Crippen molar-refractivity contribution in [1.29, 1.82) is 0 Å². The third-order valence-corrected chi connectivity index (χ3v) is 5.09. The van der Waals surface area contributed by atoms with Crippen molar-refractivity contribution in [3.8, 4) is 0 Å². The topological polar surface area (TPSA) is 26.3 Å². The fraction of sp³-hybridized carbons (Fsp3) is 0.923. The number of hydrogen-bond acceptors (Lipinski definition) is 2. The first-order valence-electron chi connectivity index (χ1n) is 6.26. The molecule has 1 aliphatic rings. The van der Waals surface area contributed by atoms with Gasteiger partial charge in [0, 0.05) is 0 Å². The van der Waals surface area contributed by atoms with E-state index in [1.807, 2.05) is 13.8 Å². The van der Waals surface area contributed by atoms with Crippen LogP contribution in [0.15, 0.2) is 0 Å². The van der Waals surface area contributed by atoms with Gasteiger partial charge in [0.15, 0.2) is 0 Å². The number of alkyl halides is 1. The zero-order chi connectivity index (χ0) is 12.4. The molecule has 1 fully saturated rings. The summed E-state index contributed by atoms with van der Waals surface area (Å²) in [6, 6.07) is 0. The van der Waals surface area contributed by atoms with Gasteiger partial charge >= 0.3 is 5.97 Å². The number of carbonyl (C=O) groups excluding carboxylic acids is 1. The Morgan fingerprint density at radius 1 is 1.44 bits per heavy atom. The summed E-state index contributed by atoms with van der Waals surface area (Å²) in [5.41, 5.74) is -0.182. The third kappa shape index (κ3) is 2.90. The second-order valence-corrected chi connectivity index (χ2v) is 7.75. The Kier molecular flexibility index (Phi) is 4.66. The first-order chi connectivity index (χ1) is 7.34. The monoisotopic (exact) mass is 338 g/mol. The molecule has 0 spiro atoms. The minimum atomic E-state index is -0.373. The van der Waals surface area contributed by atoms with E-state index in [-0.39, 0.29) is 15.0 Å². The van der Waals surface area contributed by atoms with Gasteiger partial charge in [-0.25, -0.2) is 0 Å². The van der Waals surface area contributed by atoms with Gasteiger partial charge in [-0.15, -0.1) is 0 Å². The molecule has 0 aliphatic heterocycles. The van der Waals surface area contributed by atoms with Crippen molar-refractivity contribution in [2.24, 2.45) is 5.92 Å². The Morgan fingerprint density at radius 3 is 2.31 bits per heavy atom. The highest BCUT2D eigenvalue weighted by Crippen LogP contribution is 2.41. The maximum atomic E-state index is 12.1. The number of rotatable bonds is 4. The first kappa shape index (κ1) is 14.3. The van der Waals surface area contributed by atoms with Crippen molar-refractivity contribution >= 4 is 28.6 Å². The van der Waals surface area contributed by atoms with Crippen molar-refractivity contribution in [3.05, 3.63) is 0 Å². The molecule has 94 valence electrons. The van der Waals surface area contributed by atoms with Crippen LogP contribution in [0.3, 0.4) is 0 Å². The lowest BCUT2D eigenvalue weighted by atomic mass is 9.88. The molecule has 0 amide bonds. The van der Waals surface area contributed by atoms with Gasteiger partial charge in [0.05, 0.1) is 0 Å². The van der Waals surface area contributed by atoms with Gasteiger partial charge in [-0.05, 0) is 44.9 Å². The summed E-state index contributed by atoms with van der Waals surface area (Å²) in [4.78, 5) is 12.1. The van der Waals surface area contributed by atoms with Crippen LogP contribution in [-0.2, 0) is 9.53 Å². The summed E-state index contributed by atoms with van der Waals surface area (Å²) < 4.78 is 5.50. The van der Waals surface area contributed by atoms with Gasteiger partial charge in [0.1, 0.15) is 9.02 Å². The fourth-order valence-electron chi connectivity index (χ4n) is 2.21. The Balaban J connectivity index is 2.74. The number of halogens is 1. The lowest BCUT2D eigenvalue weighted by Gasteiger charge is -2.35. The fourth-order valence-corrected chi connectivity index (χ4v) is 2.32. The van der Waals surface area contributed by atoms with Crippen LogP contribution in [-0.4, -0.2) is 15.0 Å². The summed E-state index contributed by atoms with van der Waals surface area (Å²) >= 11 is 2.21. The quantitative estimate of drug-likeness (QED) is 0.438. The van der Waals surface area contributed by atoms with Crippen molar-refractivity contribution in [1.82, 2.24) is 0 Å². The van der Waals surface area contributed by atoms with Crippen molar-refractivity contribution in [3.63, 3.8) is 0 Å². The van der Waals surface area contributed by atoms with Gasteiger partial charge in [-0.3, -0.25) is 4.79 Å². The van der Waals surface area contributed by atoms with Crippen molar-refractivity contribution < 1.29 is 9.53 Å². The molecule has 2 nitrogen and oxygen atoms in total. The summed E-state index contributed by atoms with van der Waals surface area (Å²) in [6.07, 6.45) is 5.27. The van der Waals surface area contributed by atoms with E-state index in [0.717, 1.165) is 19.3 Å². The van der Waals surface area contributed by atoms with Crippen molar-refractivity contribution in [2.45, 2.75) is 68.8 Å². The Bertz CT molecular complexity index is 253. The second kappa shape index (κ2) is 5.23. The van der Waals surface area contributed by atoms with Crippen LogP contribution in [0.1, 0.15) is 59.8 Å². The summed E-state index contributed by atoms with van der Waals surface area (Å²) in [6.45, 7) is 8.31. The Morgan fingerprint density at radius 2 is 1.94 bits per heavy atom. The van der Waals surface area contributed by atoms with E-state index in [0.29, 0.717) is 5.92 Å². The van der Waals surface area contributed by atoms with Gasteiger partial charge in [0.2, 0.25) is 0 Å². The zero-order valence-corrected chi connectivity index (χ0v) is 13.0. The highest BCUT2D eigenvalue weighted by Gasteiger charge is 2.43. The van der Waals surface area contributed by atoms with Gasteiger partial charge in [-0.2, -0.15) is 0 Å². The predicted molar refractivity (Wildman–Crippen MR) is 74.8 cm³/mol. The Labute approximate surface area is 113 Å². The molecule has 0 N–H and O–H groups in total. The number of esters is 1. The molecule has 0 aromatic rings. The zero-order valence-electron chi connectivity index (χ0n) is 10.8. The second-order valence-electron chi connectivity index (χ2n) is 5.37. The normalized spacial score (nSPS) is 23.1. The molecule has 16 heavy (non-hydrogen) atoms. The van der Waals surface area contributed by atoms with E-state index in [1.165, 1.54) is 12.8 Å². The van der Waals surface area contributed by atoms with Gasteiger partial charge < -0.3 is 4.74 Å². The lowest BCUT2D eigenvalue weighted by Crippen LogP contribution is -2.42. The summed E-state index contributed by atoms with van der Waals surface area (Å²) in [5.74, 6) is 0.384. The molecule has 0 radical (unpaired) electrons. The average Bonchev–Trinajstić information content (AvgIpc) is 2.67. The molecule has 0 aromatic heterocycles. The molecule has 0 heterocycles. The predicted octanol–water partition coefficient (Wildman–Crippen LogP) is 4.10. The molecule has 1 aliphatic carbocycles. The van der Waals surface area contributed by atoms with Crippen LogP contribution in [0.5, 0.6) is 0 Å². The molecule has 0 aromatic carbocycles. The van der Waals surface area contributed by atoms with E-state index in [2.05, 4.69) is 36.4 Å². The largest absolute Gasteiger partial charge is 0.458 e. The molecule has 0 saturated heterocycles. The summed E-state index contributed by atoms with van der Waals surface area (Å²) in [7, 11) is 0. The average molecular weight is 338 g/mol. The lowest BCUT2D eigenvalue weighted by molar-refractivity contribution is -0.166. The molecule has 1 atom stereocenters. The number of carbonyl (C=O) groups is 1. The maximum absolute atomic E-state index is 12.1. The van der Waals surface area contributed by atoms with Crippen LogP contribution in [0.25, 0.3) is 0 Å². The minimum absolute atomic E-state index is 0.0359. The van der Waals surface area contributed by atoms with Crippen LogP contribution in [0, 0.1) is 5.92 Å². The van der Waals surface area contributed by atoms with Crippen LogP contribution >= 0.6 is 22.6 Å². The third-order valence-electron chi connectivity index (χ3n) is 3.89. The number of hydrogen-bond donors (Lipinski definition) is 0. The molecular formula is C13H23IO2. The van der Waals surface area contributed by atoms with Gasteiger partial charge in [-0.1, -0.05) is 43.4 Å². The van der Waals surface area contributed by atoms with Crippen LogP contribution in [0.2, 0.25) is 0 Å². The first-order valence-corrected chi connectivity index (χ1v) is 7.34.